The monoisotopic (exact) mass is 320 g/mol. The van der Waals surface area contributed by atoms with E-state index in [1.807, 2.05) is 0 Å². The Hall–Kier alpha value is -1.82. The highest BCUT2D eigenvalue weighted by Gasteiger charge is 2.16. The third kappa shape index (κ3) is 4.38. The second-order valence-corrected chi connectivity index (χ2v) is 8.98. The van der Waals surface area contributed by atoms with E-state index >= 15 is 0 Å². The molecule has 0 fully saturated rings. The fraction of sp³-hybridized carbons (Fsp3) is 0.417. The Bertz CT molecular complexity index is 681. The number of hydrogen-bond acceptors (Lipinski definition) is 0. The summed E-state index contributed by atoms with van der Waals surface area (Å²) in [5.41, 5.74) is 8.50. The van der Waals surface area contributed by atoms with E-state index in [1.54, 1.807) is 0 Å². The highest BCUT2D eigenvalue weighted by Crippen LogP contribution is 2.28. The molecule has 0 aliphatic heterocycles. The van der Waals surface area contributed by atoms with E-state index in [0.717, 1.165) is 0 Å². The van der Waals surface area contributed by atoms with Crippen LogP contribution in [0.15, 0.2) is 36.4 Å². The van der Waals surface area contributed by atoms with E-state index in [1.165, 1.54) is 33.4 Å². The van der Waals surface area contributed by atoms with Crippen LogP contribution in [0.3, 0.4) is 0 Å². The molecule has 0 atom stereocenters. The normalized spacial score (nSPS) is 12.8. The van der Waals surface area contributed by atoms with Crippen LogP contribution in [-0.2, 0) is 10.8 Å². The lowest BCUT2D eigenvalue weighted by Gasteiger charge is -2.22. The molecule has 0 aliphatic rings. The van der Waals surface area contributed by atoms with Crippen LogP contribution in [0.4, 0.5) is 0 Å². The molecule has 0 bridgehead atoms. The first-order chi connectivity index (χ1) is 11.0. The fourth-order valence-corrected chi connectivity index (χ4v) is 3.46. The molecule has 0 heteroatoms. The molecule has 0 aromatic heterocycles. The molecular formula is C24H32. The molecule has 0 amide bonds. The van der Waals surface area contributed by atoms with E-state index in [-0.39, 0.29) is 10.8 Å². The van der Waals surface area contributed by atoms with Crippen molar-refractivity contribution < 1.29 is 0 Å². The minimum Gasteiger partial charge on any atom is -0.0576 e. The van der Waals surface area contributed by atoms with E-state index in [2.05, 4.69) is 104 Å². The Kier molecular flexibility index (Phi) is 5.08. The zero-order valence-corrected chi connectivity index (χ0v) is 16.6. The lowest BCUT2D eigenvalue weighted by molar-refractivity contribution is 0.586. The van der Waals surface area contributed by atoms with Gasteiger partial charge in [0.25, 0.3) is 0 Å². The zero-order valence-electron chi connectivity index (χ0n) is 16.6. The van der Waals surface area contributed by atoms with Crippen molar-refractivity contribution in [1.29, 1.82) is 0 Å². The van der Waals surface area contributed by atoms with E-state index in [0.29, 0.717) is 0 Å². The van der Waals surface area contributed by atoms with Gasteiger partial charge >= 0.3 is 0 Å². The van der Waals surface area contributed by atoms with Crippen molar-refractivity contribution in [3.8, 4) is 0 Å². The van der Waals surface area contributed by atoms with Gasteiger partial charge in [-0.25, -0.2) is 0 Å². The summed E-state index contributed by atoms with van der Waals surface area (Å²) in [6.45, 7) is 18.0. The van der Waals surface area contributed by atoms with Crippen molar-refractivity contribution in [3.63, 3.8) is 0 Å². The molecule has 2 rings (SSSR count). The SMILES string of the molecule is Cc1cc(/C=C/c2ccc(C(C)(C)C)c(C)c2)ccc1C(C)(C)C. The molecule has 2 aromatic rings. The predicted octanol–water partition coefficient (Wildman–Crippen LogP) is 7.07. The summed E-state index contributed by atoms with van der Waals surface area (Å²) in [5, 5.41) is 0. The van der Waals surface area contributed by atoms with Crippen molar-refractivity contribution in [3.05, 3.63) is 69.8 Å². The first-order valence-electron chi connectivity index (χ1n) is 8.89. The van der Waals surface area contributed by atoms with Crippen molar-refractivity contribution in [2.75, 3.05) is 0 Å². The number of aryl methyl sites for hydroxylation is 2. The average Bonchev–Trinajstić information content (AvgIpc) is 2.42. The summed E-state index contributed by atoms with van der Waals surface area (Å²) in [6, 6.07) is 13.5. The number of hydrogen-bond donors (Lipinski definition) is 0. The molecule has 0 N–H and O–H groups in total. The lowest BCUT2D eigenvalue weighted by Crippen LogP contribution is -2.13. The van der Waals surface area contributed by atoms with Gasteiger partial charge in [-0.3, -0.25) is 0 Å². The maximum Gasteiger partial charge on any atom is -0.0129 e. The van der Waals surface area contributed by atoms with E-state index in [9.17, 15) is 0 Å². The Morgan fingerprint density at radius 2 is 0.917 bits per heavy atom. The molecule has 24 heavy (non-hydrogen) atoms. The summed E-state index contributed by atoms with van der Waals surface area (Å²) in [7, 11) is 0. The van der Waals surface area contributed by atoms with Gasteiger partial charge in [-0.1, -0.05) is 90.1 Å². The fourth-order valence-electron chi connectivity index (χ4n) is 3.46. The Morgan fingerprint density at radius 3 is 1.17 bits per heavy atom. The van der Waals surface area contributed by atoms with Gasteiger partial charge < -0.3 is 0 Å². The summed E-state index contributed by atoms with van der Waals surface area (Å²) >= 11 is 0. The maximum absolute atomic E-state index is 2.29. The molecule has 0 saturated heterocycles. The smallest absolute Gasteiger partial charge is 0.0129 e. The quantitative estimate of drug-likeness (QED) is 0.519. The van der Waals surface area contributed by atoms with Gasteiger partial charge in [0.05, 0.1) is 0 Å². The number of rotatable bonds is 2. The van der Waals surface area contributed by atoms with Crippen molar-refractivity contribution in [2.45, 2.75) is 66.2 Å². The van der Waals surface area contributed by atoms with Crippen molar-refractivity contribution >= 4 is 12.2 Å². The molecule has 0 nitrogen and oxygen atoms in total. The Balaban J connectivity index is 2.26. The maximum atomic E-state index is 2.29. The van der Waals surface area contributed by atoms with Gasteiger partial charge in [-0.05, 0) is 58.1 Å². The third-order valence-electron chi connectivity index (χ3n) is 4.59. The largest absolute Gasteiger partial charge is 0.0576 e. The number of benzene rings is 2. The van der Waals surface area contributed by atoms with Gasteiger partial charge in [-0.15, -0.1) is 0 Å². The van der Waals surface area contributed by atoms with Gasteiger partial charge in [0.15, 0.2) is 0 Å². The minimum absolute atomic E-state index is 0.201. The summed E-state index contributed by atoms with van der Waals surface area (Å²) in [4.78, 5) is 0. The van der Waals surface area contributed by atoms with Crippen molar-refractivity contribution in [1.82, 2.24) is 0 Å². The standard InChI is InChI=1S/C24H32/c1-17-15-19(11-13-21(17)23(3,4)5)9-10-20-12-14-22(18(2)16-20)24(6,7)8/h9-16H,1-8H3/b10-9+. The van der Waals surface area contributed by atoms with E-state index < -0.39 is 0 Å². The summed E-state index contributed by atoms with van der Waals surface area (Å²) in [5.74, 6) is 0. The zero-order chi connectivity index (χ0) is 18.1. The van der Waals surface area contributed by atoms with Crippen molar-refractivity contribution in [2.24, 2.45) is 0 Å². The molecule has 0 unspecified atom stereocenters. The van der Waals surface area contributed by atoms with Gasteiger partial charge in [0, 0.05) is 0 Å². The molecule has 0 radical (unpaired) electrons. The molecule has 0 heterocycles. The van der Waals surface area contributed by atoms with Crippen LogP contribution in [-0.4, -0.2) is 0 Å². The molecule has 128 valence electrons. The lowest BCUT2D eigenvalue weighted by atomic mass is 9.83. The highest BCUT2D eigenvalue weighted by atomic mass is 14.2. The summed E-state index contributed by atoms with van der Waals surface area (Å²) < 4.78 is 0. The molecular weight excluding hydrogens is 288 g/mol. The van der Waals surface area contributed by atoms with Crippen LogP contribution in [0.2, 0.25) is 0 Å². The first kappa shape index (κ1) is 18.5. The molecule has 2 aromatic carbocycles. The van der Waals surface area contributed by atoms with Gasteiger partial charge in [0.1, 0.15) is 0 Å². The van der Waals surface area contributed by atoms with Gasteiger partial charge in [-0.2, -0.15) is 0 Å². The van der Waals surface area contributed by atoms with Crippen LogP contribution in [0.25, 0.3) is 12.2 Å². The second kappa shape index (κ2) is 6.59. The van der Waals surface area contributed by atoms with Gasteiger partial charge in [0.2, 0.25) is 0 Å². The Morgan fingerprint density at radius 1 is 0.583 bits per heavy atom. The highest BCUT2D eigenvalue weighted by molar-refractivity contribution is 5.70. The molecule has 0 saturated carbocycles. The van der Waals surface area contributed by atoms with Crippen LogP contribution < -0.4 is 0 Å². The summed E-state index contributed by atoms with van der Waals surface area (Å²) in [6.07, 6.45) is 4.43. The van der Waals surface area contributed by atoms with Crippen LogP contribution in [0.1, 0.15) is 74.9 Å². The Labute approximate surface area is 148 Å². The average molecular weight is 321 g/mol. The molecule has 0 aliphatic carbocycles. The first-order valence-corrected chi connectivity index (χ1v) is 8.89. The van der Waals surface area contributed by atoms with Crippen LogP contribution in [0.5, 0.6) is 0 Å². The topological polar surface area (TPSA) is 0 Å². The second-order valence-electron chi connectivity index (χ2n) is 8.98. The predicted molar refractivity (Wildman–Crippen MR) is 109 cm³/mol. The molecule has 0 spiro atoms. The minimum atomic E-state index is 0.201. The van der Waals surface area contributed by atoms with E-state index in [4.69, 9.17) is 0 Å². The van der Waals surface area contributed by atoms with Crippen LogP contribution in [0, 0.1) is 13.8 Å². The van der Waals surface area contributed by atoms with Crippen LogP contribution >= 0.6 is 0 Å². The third-order valence-corrected chi connectivity index (χ3v) is 4.59.